The monoisotopic (exact) mass is 964 g/mol. The first-order valence-electron chi connectivity index (χ1n) is 18.7. The number of carboxylic acids is 1. The fourth-order valence-electron chi connectivity index (χ4n) is 4.87. The number of rotatable bonds is 16. The van der Waals surface area contributed by atoms with Crippen LogP contribution in [-0.2, 0) is 33.6 Å². The number of amides is 2. The second-order valence-electron chi connectivity index (χ2n) is 13.4. The molecule has 4 unspecified atom stereocenters. The summed E-state index contributed by atoms with van der Waals surface area (Å²) in [5.41, 5.74) is 0. The van der Waals surface area contributed by atoms with E-state index in [2.05, 4.69) is 17.8 Å². The van der Waals surface area contributed by atoms with E-state index in [1.54, 1.807) is 82.8 Å². The summed E-state index contributed by atoms with van der Waals surface area (Å²) < 4.78 is 0. The summed E-state index contributed by atoms with van der Waals surface area (Å²) in [4.78, 5) is 86.6. The van der Waals surface area contributed by atoms with Crippen LogP contribution in [0.1, 0.15) is 46.9 Å². The number of carbonyl (C=O) groups is 6. The number of thioether (sulfide) groups is 2. The molecule has 3 aliphatic heterocycles. The van der Waals surface area contributed by atoms with Crippen molar-refractivity contribution in [3.63, 3.8) is 0 Å². The number of hydrogen-bond donors (Lipinski definition) is 1. The standard InChI is InChI=1S/C15H19N3O4S2.C11H16N2O2S2.C6H11NOS.C5H8OS.CBN.Na.H2/c1-17(2)11(8-10-23-24-12-5-3-4-9-16-12)15(21)22-18-13(19)6-7-14(18)20;1-13(2)9(11(14)15)6-8-16-17-10-5-3-4-7-12-10;1-7(2)5-3-4-9-6(5)8;1-4-2-3-7-5(4)6;2-1-3;;/h3-5,9,11H,6-8,10H2,1-2H3;3-5,7,9H,6,8H2,1-2H3,(H,14,15);5H,3-4H2,1-2H3;4H,2-3H2,1H3;;;1H/q;;;;-1;+1;. The van der Waals surface area contributed by atoms with Crippen LogP contribution in [0.2, 0.25) is 0 Å². The number of nitrogens with zero attached hydrogens (tertiary/aromatic N) is 7. The predicted molar refractivity (Wildman–Crippen MR) is 248 cm³/mol. The first-order valence-corrected chi connectivity index (χ1v) is 25.3. The van der Waals surface area contributed by atoms with Gasteiger partial charge in [-0.25, -0.2) is 14.8 Å². The van der Waals surface area contributed by atoms with Crippen LogP contribution in [0.25, 0.3) is 0 Å². The van der Waals surface area contributed by atoms with Crippen LogP contribution in [0, 0.1) is 17.1 Å². The Balaban J connectivity index is 0. The van der Waals surface area contributed by atoms with Crippen molar-refractivity contribution in [1.82, 2.24) is 29.7 Å². The maximum atomic E-state index is 12.3. The minimum atomic E-state index is -0.765. The van der Waals surface area contributed by atoms with Crippen molar-refractivity contribution in [3.8, 4) is 5.97 Å². The van der Waals surface area contributed by atoms with Gasteiger partial charge >= 0.3 is 41.5 Å². The Hall–Kier alpha value is -1.75. The molecule has 3 fully saturated rings. The summed E-state index contributed by atoms with van der Waals surface area (Å²) in [6.45, 7) is 1.99. The van der Waals surface area contributed by atoms with Crippen molar-refractivity contribution in [2.45, 2.75) is 73.6 Å². The Kier molecular flexibility index (Phi) is 33.6. The fourth-order valence-corrected chi connectivity index (χ4v) is 10.9. The van der Waals surface area contributed by atoms with Gasteiger partial charge in [-0.3, -0.25) is 49.9 Å². The molecule has 0 spiro atoms. The number of aromatic nitrogens is 2. The molecule has 331 valence electrons. The number of nitriles is 1. The van der Waals surface area contributed by atoms with Gasteiger partial charge in [0.1, 0.15) is 22.1 Å². The third-order valence-electron chi connectivity index (χ3n) is 8.23. The molecule has 5 rings (SSSR count). The molecule has 1 N–H and O–H groups in total. The summed E-state index contributed by atoms with van der Waals surface area (Å²) in [5.74, 6) is 2.83. The number of pyridine rings is 2. The number of carbonyl (C=O) groups excluding carboxylic acids is 5. The Bertz CT molecular complexity index is 1660. The number of imide groups is 1. The molecule has 5 heterocycles. The topological polar surface area (TPSA) is 194 Å². The molecule has 2 aromatic rings. The van der Waals surface area contributed by atoms with Crippen LogP contribution >= 0.6 is 66.7 Å². The molecule has 0 bridgehead atoms. The fraction of sp³-hybridized carbons (Fsp3) is 0.553. The molecule has 2 amide bonds. The molecule has 0 saturated carbocycles. The normalized spacial score (nSPS) is 17.6. The Morgan fingerprint density at radius 3 is 1.64 bits per heavy atom. The average Bonchev–Trinajstić information content (AvgIpc) is 3.91. The van der Waals surface area contributed by atoms with E-state index in [0.717, 1.165) is 40.2 Å². The molecule has 0 aliphatic carbocycles. The van der Waals surface area contributed by atoms with Gasteiger partial charge in [-0.05, 0) is 114 Å². The van der Waals surface area contributed by atoms with E-state index in [1.165, 1.54) is 40.3 Å². The molecule has 3 aliphatic rings. The summed E-state index contributed by atoms with van der Waals surface area (Å²) >= 11 is 2.92. The number of likely N-dealkylation sites (N-methyl/N-ethyl adjacent to an activating group) is 3. The molecule has 3 radical (unpaired) electrons. The largest absolute Gasteiger partial charge is 1.00 e. The molecule has 61 heavy (non-hydrogen) atoms. The van der Waals surface area contributed by atoms with E-state index in [1.807, 2.05) is 62.3 Å². The van der Waals surface area contributed by atoms with E-state index >= 15 is 0 Å². The average molecular weight is 965 g/mol. The SMILES string of the molecule is CC1CCSC1=O.CN(C)C(CCSSc1ccccn1)C(=O)O.CN(C)C(CCSSc1ccccn1)C(=O)ON1C(=O)CCC1=O.CN(C)C1CCSC1=O.[B-]C#N.[HH].[Na+]. The molecule has 3 saturated heterocycles. The summed E-state index contributed by atoms with van der Waals surface area (Å²) in [6.07, 6.45) is 6.94. The van der Waals surface area contributed by atoms with Crippen molar-refractivity contribution in [1.29, 1.82) is 5.26 Å². The molecule has 0 aromatic carbocycles. The number of hydrogen-bond acceptors (Lipinski definition) is 19. The third kappa shape index (κ3) is 25.4. The Morgan fingerprint density at radius 1 is 0.869 bits per heavy atom. The van der Waals surface area contributed by atoms with Gasteiger partial charge in [0, 0.05) is 55.6 Å². The van der Waals surface area contributed by atoms with Crippen molar-refractivity contribution >= 4 is 109 Å². The van der Waals surface area contributed by atoms with E-state index in [9.17, 15) is 28.8 Å². The van der Waals surface area contributed by atoms with Gasteiger partial charge in [0.25, 0.3) is 11.8 Å². The Morgan fingerprint density at radius 2 is 1.33 bits per heavy atom. The van der Waals surface area contributed by atoms with Gasteiger partial charge < -0.3 is 17.8 Å². The summed E-state index contributed by atoms with van der Waals surface area (Å²) in [7, 11) is 21.5. The summed E-state index contributed by atoms with van der Waals surface area (Å²) in [5, 5.41) is 19.2. The number of hydroxylamine groups is 2. The zero-order valence-corrected chi connectivity index (χ0v) is 42.9. The molecule has 2 aromatic heterocycles. The Labute approximate surface area is 409 Å². The van der Waals surface area contributed by atoms with E-state index in [4.69, 9.17) is 15.2 Å². The molecule has 23 heteroatoms. The quantitative estimate of drug-likeness (QED) is 0.112. The van der Waals surface area contributed by atoms with Gasteiger partial charge in [-0.2, -0.15) is 0 Å². The minimum absolute atomic E-state index is 0. The smallest absolute Gasteiger partial charge is 0.480 e. The van der Waals surface area contributed by atoms with E-state index < -0.39 is 35.8 Å². The van der Waals surface area contributed by atoms with Gasteiger partial charge in [0.15, 0.2) is 5.12 Å². The number of carboxylic acid groups (broad SMARTS) is 1. The van der Waals surface area contributed by atoms with Crippen LogP contribution in [0.4, 0.5) is 0 Å². The van der Waals surface area contributed by atoms with E-state index in [0.29, 0.717) is 39.8 Å². The second kappa shape index (κ2) is 34.6. The first-order chi connectivity index (χ1) is 28.5. The van der Waals surface area contributed by atoms with Gasteiger partial charge in [0.2, 0.25) is 5.12 Å². The maximum absolute atomic E-state index is 12.3. The van der Waals surface area contributed by atoms with Crippen LogP contribution in [0.5, 0.6) is 0 Å². The minimum Gasteiger partial charge on any atom is -0.480 e. The molecular formula is C38H56BN7NaO8S6. The number of aliphatic carboxylic acids is 1. The zero-order chi connectivity index (χ0) is 45.0. The van der Waals surface area contributed by atoms with Crippen LogP contribution < -0.4 is 29.6 Å². The van der Waals surface area contributed by atoms with Gasteiger partial charge in [-0.15, -0.1) is 5.06 Å². The van der Waals surface area contributed by atoms with Crippen molar-refractivity contribution < 1.29 is 69.7 Å². The first kappa shape index (κ1) is 59.3. The molecular weight excluding hydrogens is 909 g/mol. The van der Waals surface area contributed by atoms with Crippen LogP contribution in [0.3, 0.4) is 0 Å². The van der Waals surface area contributed by atoms with Crippen LogP contribution in [0.15, 0.2) is 58.8 Å². The summed E-state index contributed by atoms with van der Waals surface area (Å²) in [6, 6.07) is 10.7. The molecule has 15 nitrogen and oxygen atoms in total. The van der Waals surface area contributed by atoms with Crippen LogP contribution in [-0.4, -0.2) is 160 Å². The van der Waals surface area contributed by atoms with Crippen molar-refractivity contribution in [3.05, 3.63) is 48.8 Å². The van der Waals surface area contributed by atoms with Crippen molar-refractivity contribution in [2.75, 3.05) is 65.3 Å². The molecule has 4 atom stereocenters. The predicted octanol–water partition coefficient (Wildman–Crippen LogP) is 2.73. The van der Waals surface area contributed by atoms with Gasteiger partial charge in [0.05, 0.1) is 6.04 Å². The maximum Gasteiger partial charge on any atom is 1.00 e. The van der Waals surface area contributed by atoms with Crippen molar-refractivity contribution in [2.24, 2.45) is 5.92 Å². The zero-order valence-electron chi connectivity index (χ0n) is 36.0. The van der Waals surface area contributed by atoms with E-state index in [-0.39, 0.29) is 49.9 Å². The second-order valence-corrected chi connectivity index (χ2v) is 20.5. The third-order valence-corrected chi connectivity index (χ3v) is 15.0. The van der Waals surface area contributed by atoms with Gasteiger partial charge in [-0.1, -0.05) is 64.2 Å².